The van der Waals surface area contributed by atoms with Crippen molar-refractivity contribution in [2.45, 2.75) is 121 Å². The summed E-state index contributed by atoms with van der Waals surface area (Å²) in [5, 5.41) is 0. The summed E-state index contributed by atoms with van der Waals surface area (Å²) in [7, 11) is 0. The third kappa shape index (κ3) is 7.71. The second-order valence-corrected chi connectivity index (χ2v) is 21.3. The van der Waals surface area contributed by atoms with Gasteiger partial charge in [0, 0.05) is 41.0 Å². The van der Waals surface area contributed by atoms with Crippen LogP contribution in [-0.2, 0) is 4.74 Å². The fraction of sp³-hybridized carbons (Fsp3) is 0.364. The molecular weight excluding hydrogens is 823 g/mol. The van der Waals surface area contributed by atoms with Gasteiger partial charge in [-0.1, -0.05) is 140 Å². The maximum atomic E-state index is 6.79. The number of rotatable bonds is 8. The third-order valence-corrected chi connectivity index (χ3v) is 17.5. The van der Waals surface area contributed by atoms with Gasteiger partial charge < -0.3 is 9.64 Å². The highest BCUT2D eigenvalue weighted by Gasteiger charge is 2.42. The van der Waals surface area contributed by atoms with E-state index in [4.69, 9.17) is 4.74 Å². The Bertz CT molecular complexity index is 2870. The standard InChI is InChI=1S/C66H67NO/c1-3-15-47(16-4-1)56-24-13-25-61-62-43-52(34-41-63(62)68-66(56)61)46-30-37-54(38-31-46)67(53-35-28-45(29-36-53)51-27-26-44-14-7-8-19-50(44)42-51)55-39-32-49(33-40-55)65-60-23-12-10-21-58(60)57-20-9-11-22-59(57)64(65)48-17-5-2-6-18-48/h1,3-5,7,11-12,14-15,17-18,22-24,28,30,32-35,37-39,41-43,46-47,55,62-65H,2,6,8-10,13,16,19-21,25-27,29,31,36,40H2. The smallest absolute Gasteiger partial charge is 0.127 e. The minimum absolute atomic E-state index is 0.118. The molecule has 0 amide bonds. The SMILES string of the molecule is C1=CCC(C2=CCCC3=C2OC2C=CC(C4C=CC(N(C5=CC=C(C6=CC7=C(C=CCC7)CC6)CC5)C5C=CC(C6C7=C(CCC=C7)C7=C(C=CCC7)C6C6=CCCC=C6)=CC5)=CC4)=CC32)C=C1. The van der Waals surface area contributed by atoms with Gasteiger partial charge in [-0.15, -0.1) is 0 Å². The molecule has 0 bridgehead atoms. The van der Waals surface area contributed by atoms with Crippen molar-refractivity contribution in [2.24, 2.45) is 29.6 Å². The van der Waals surface area contributed by atoms with Crippen LogP contribution in [0.4, 0.5) is 0 Å². The Hall–Kier alpha value is -5.86. The molecule has 0 aromatic carbocycles. The van der Waals surface area contributed by atoms with E-state index >= 15 is 0 Å². The van der Waals surface area contributed by atoms with Gasteiger partial charge in [-0.3, -0.25) is 0 Å². The Morgan fingerprint density at radius 3 is 2.06 bits per heavy atom. The highest BCUT2D eigenvalue weighted by molar-refractivity contribution is 5.61. The lowest BCUT2D eigenvalue weighted by atomic mass is 9.62. The molecule has 0 aromatic heterocycles. The summed E-state index contributed by atoms with van der Waals surface area (Å²) < 4.78 is 6.79. The summed E-state index contributed by atoms with van der Waals surface area (Å²) in [4.78, 5) is 2.74. The van der Waals surface area contributed by atoms with Crippen LogP contribution in [0.3, 0.4) is 0 Å². The van der Waals surface area contributed by atoms with Gasteiger partial charge in [0.15, 0.2) is 0 Å². The molecule has 13 aliphatic rings. The fourth-order valence-corrected chi connectivity index (χ4v) is 14.1. The summed E-state index contributed by atoms with van der Waals surface area (Å²) in [5.41, 5.74) is 23.0. The molecule has 342 valence electrons. The van der Waals surface area contributed by atoms with Crippen LogP contribution in [0, 0.1) is 29.6 Å². The van der Waals surface area contributed by atoms with Gasteiger partial charge in [-0.05, 0) is 200 Å². The Labute approximate surface area is 406 Å². The molecule has 0 radical (unpaired) electrons. The largest absolute Gasteiger partial charge is 0.485 e. The molecule has 13 rings (SSSR count). The van der Waals surface area contributed by atoms with Crippen LogP contribution >= 0.6 is 0 Å². The molecule has 0 saturated carbocycles. The van der Waals surface area contributed by atoms with Crippen molar-refractivity contribution in [2.75, 3.05) is 0 Å². The van der Waals surface area contributed by atoms with Crippen molar-refractivity contribution in [3.05, 3.63) is 248 Å². The van der Waals surface area contributed by atoms with Crippen molar-refractivity contribution < 1.29 is 4.74 Å². The van der Waals surface area contributed by atoms with Gasteiger partial charge in [0.25, 0.3) is 0 Å². The van der Waals surface area contributed by atoms with Crippen molar-refractivity contribution in [3.63, 3.8) is 0 Å². The fourth-order valence-electron chi connectivity index (χ4n) is 14.1. The Morgan fingerprint density at radius 2 is 1.31 bits per heavy atom. The summed E-state index contributed by atoms with van der Waals surface area (Å²) >= 11 is 0. The first-order valence-corrected chi connectivity index (χ1v) is 26.8. The number of nitrogens with zero attached hydrogens (tertiary/aromatic N) is 1. The average molecular weight is 890 g/mol. The van der Waals surface area contributed by atoms with Crippen molar-refractivity contribution in [1.82, 2.24) is 4.90 Å². The third-order valence-electron chi connectivity index (χ3n) is 17.5. The summed E-state index contributed by atoms with van der Waals surface area (Å²) in [5.74, 6) is 3.05. The maximum absolute atomic E-state index is 6.79. The average Bonchev–Trinajstić information content (AvgIpc) is 3.80. The van der Waals surface area contributed by atoms with Crippen molar-refractivity contribution in [1.29, 1.82) is 0 Å². The minimum Gasteiger partial charge on any atom is -0.485 e. The molecule has 12 aliphatic carbocycles. The van der Waals surface area contributed by atoms with E-state index in [1.807, 2.05) is 0 Å². The van der Waals surface area contributed by atoms with Crippen molar-refractivity contribution in [3.8, 4) is 0 Å². The van der Waals surface area contributed by atoms with Crippen LogP contribution < -0.4 is 0 Å². The number of fused-ring (bicyclic) bond motifs is 3. The van der Waals surface area contributed by atoms with Gasteiger partial charge in [-0.25, -0.2) is 0 Å². The summed E-state index contributed by atoms with van der Waals surface area (Å²) in [6.45, 7) is 0. The van der Waals surface area contributed by atoms with Crippen LogP contribution in [0.25, 0.3) is 0 Å². The Balaban J connectivity index is 0.800. The first-order valence-electron chi connectivity index (χ1n) is 26.8. The van der Waals surface area contributed by atoms with Gasteiger partial charge in [0.05, 0.1) is 6.04 Å². The van der Waals surface area contributed by atoms with E-state index in [-0.39, 0.29) is 12.1 Å². The molecule has 1 heterocycles. The van der Waals surface area contributed by atoms with E-state index in [2.05, 4.69) is 163 Å². The maximum Gasteiger partial charge on any atom is 0.127 e. The summed E-state index contributed by atoms with van der Waals surface area (Å²) in [6.07, 6.45) is 83.2. The van der Waals surface area contributed by atoms with E-state index in [1.54, 1.807) is 44.6 Å². The normalized spacial score (nSPS) is 32.2. The lowest BCUT2D eigenvalue weighted by Crippen LogP contribution is -2.35. The first kappa shape index (κ1) is 42.3. The van der Waals surface area contributed by atoms with Crippen LogP contribution in [0.5, 0.6) is 0 Å². The molecule has 0 spiro atoms. The minimum atomic E-state index is 0.118. The second-order valence-electron chi connectivity index (χ2n) is 21.3. The molecule has 2 heteroatoms. The molecule has 1 aliphatic heterocycles. The van der Waals surface area contributed by atoms with Gasteiger partial charge >= 0.3 is 0 Å². The molecule has 0 saturated heterocycles. The van der Waals surface area contributed by atoms with Crippen LogP contribution in [0.1, 0.15) is 109 Å². The molecule has 0 fully saturated rings. The zero-order valence-corrected chi connectivity index (χ0v) is 39.9. The lowest BCUT2D eigenvalue weighted by molar-refractivity contribution is 0.167. The quantitative estimate of drug-likeness (QED) is 0.241. The molecular formula is C66H67NO. The predicted octanol–water partition coefficient (Wildman–Crippen LogP) is 16.4. The zero-order chi connectivity index (χ0) is 45.0. The number of ether oxygens (including phenoxy) is 1. The molecule has 0 aromatic rings. The van der Waals surface area contributed by atoms with Gasteiger partial charge in [0.2, 0.25) is 0 Å². The predicted molar refractivity (Wildman–Crippen MR) is 281 cm³/mol. The van der Waals surface area contributed by atoms with E-state index in [0.29, 0.717) is 29.6 Å². The molecule has 2 nitrogen and oxygen atoms in total. The number of allylic oxidation sites excluding steroid dienone is 35. The monoisotopic (exact) mass is 890 g/mol. The Morgan fingerprint density at radius 1 is 0.500 bits per heavy atom. The lowest BCUT2D eigenvalue weighted by Gasteiger charge is -2.43. The molecule has 0 N–H and O–H groups in total. The number of hydrogen-bond acceptors (Lipinski definition) is 2. The van der Waals surface area contributed by atoms with Crippen molar-refractivity contribution >= 4 is 0 Å². The van der Waals surface area contributed by atoms with Gasteiger partial charge in [-0.2, -0.15) is 0 Å². The van der Waals surface area contributed by atoms with Crippen LogP contribution in [-0.4, -0.2) is 17.0 Å². The highest BCUT2D eigenvalue weighted by Crippen LogP contribution is 2.53. The topological polar surface area (TPSA) is 12.5 Å². The van der Waals surface area contributed by atoms with E-state index < -0.39 is 0 Å². The summed E-state index contributed by atoms with van der Waals surface area (Å²) in [6, 6.07) is 0.261. The number of hydrogen-bond donors (Lipinski definition) is 0. The molecule has 7 atom stereocenters. The van der Waals surface area contributed by atoms with Crippen LogP contribution in [0.15, 0.2) is 248 Å². The van der Waals surface area contributed by atoms with E-state index in [9.17, 15) is 0 Å². The molecule has 7 unspecified atom stereocenters. The van der Waals surface area contributed by atoms with E-state index in [1.165, 1.54) is 77.1 Å². The molecule has 68 heavy (non-hydrogen) atoms. The highest BCUT2D eigenvalue weighted by atomic mass is 16.5. The Kier molecular flexibility index (Phi) is 11.3. The first-order chi connectivity index (χ1) is 33.7. The second kappa shape index (κ2) is 18.2. The van der Waals surface area contributed by atoms with Crippen LogP contribution in [0.2, 0.25) is 0 Å². The van der Waals surface area contributed by atoms with Gasteiger partial charge in [0.1, 0.15) is 11.9 Å². The zero-order valence-electron chi connectivity index (χ0n) is 39.9. The van der Waals surface area contributed by atoms with E-state index in [0.717, 1.165) is 77.0 Å².